The number of hydrogen-bond acceptors (Lipinski definition) is 18. The molecule has 3 rings (SSSR count). The van der Waals surface area contributed by atoms with Crippen LogP contribution in [0, 0.1) is 0 Å². The zero-order valence-corrected chi connectivity index (χ0v) is 62.0. The summed E-state index contributed by atoms with van der Waals surface area (Å²) in [6, 6.07) is -0.912. The molecule has 3 fully saturated rings. The lowest BCUT2D eigenvalue weighted by molar-refractivity contribution is -0.379. The summed E-state index contributed by atoms with van der Waals surface area (Å²) >= 11 is 0. The Bertz CT molecular complexity index is 2410. The average Bonchev–Trinajstić information content (AvgIpc) is 0.755. The molecule has 1 amide bonds. The third-order valence-electron chi connectivity index (χ3n) is 18.4. The van der Waals surface area contributed by atoms with E-state index in [0.717, 1.165) is 122 Å². The molecule has 0 aromatic carbocycles. The van der Waals surface area contributed by atoms with Crippen molar-refractivity contribution in [1.82, 2.24) is 5.32 Å². The second-order valence-corrected chi connectivity index (χ2v) is 27.1. The van der Waals surface area contributed by atoms with E-state index in [2.05, 4.69) is 165 Å². The normalized spacial score (nSPS) is 27.0. The van der Waals surface area contributed by atoms with Crippen molar-refractivity contribution in [3.63, 3.8) is 0 Å². The molecular weight excluding hydrogens is 1300 g/mol. The van der Waals surface area contributed by atoms with Gasteiger partial charge in [-0.15, -0.1) is 0 Å². The van der Waals surface area contributed by atoms with Crippen molar-refractivity contribution in [2.24, 2.45) is 0 Å². The monoisotopic (exact) mass is 1440 g/mol. The molecule has 12 N–H and O–H groups in total. The second-order valence-electron chi connectivity index (χ2n) is 27.1. The molecule has 3 aliphatic heterocycles. The molecule has 102 heavy (non-hydrogen) atoms. The van der Waals surface area contributed by atoms with Gasteiger partial charge in [-0.25, -0.2) is 0 Å². The summed E-state index contributed by atoms with van der Waals surface area (Å²) in [7, 11) is 0. The van der Waals surface area contributed by atoms with Gasteiger partial charge in [0.25, 0.3) is 0 Å². The first-order valence-corrected chi connectivity index (χ1v) is 39.1. The van der Waals surface area contributed by atoms with Gasteiger partial charge in [-0.1, -0.05) is 275 Å². The molecule has 0 bridgehead atoms. The lowest BCUT2D eigenvalue weighted by Crippen LogP contribution is -2.66. The lowest BCUT2D eigenvalue weighted by atomic mass is 9.96. The summed E-state index contributed by atoms with van der Waals surface area (Å²) < 4.78 is 34.4. The number of carbonyl (C=O) groups is 1. The number of nitrogens with one attached hydrogen (secondary N) is 1. The quantitative estimate of drug-likeness (QED) is 0.0199. The van der Waals surface area contributed by atoms with Crippen LogP contribution >= 0.6 is 0 Å². The minimum absolute atomic E-state index is 0.227. The third-order valence-corrected chi connectivity index (χ3v) is 18.4. The molecule has 17 atom stereocenters. The van der Waals surface area contributed by atoms with Crippen molar-refractivity contribution in [2.75, 3.05) is 26.4 Å². The summed E-state index contributed by atoms with van der Waals surface area (Å²) in [6.07, 6.45) is 62.1. The molecule has 3 aliphatic rings. The summed E-state index contributed by atoms with van der Waals surface area (Å²) in [5.74, 6) is -0.272. The van der Waals surface area contributed by atoms with Crippen LogP contribution in [0.2, 0.25) is 0 Å². The summed E-state index contributed by atoms with van der Waals surface area (Å²) in [4.78, 5) is 13.5. The zero-order chi connectivity index (χ0) is 73.9. The highest BCUT2D eigenvalue weighted by molar-refractivity contribution is 5.76. The Balaban J connectivity index is 1.35. The highest BCUT2D eigenvalue weighted by Crippen LogP contribution is 2.33. The smallest absolute Gasteiger partial charge is 0.220 e. The van der Waals surface area contributed by atoms with Gasteiger partial charge in [-0.05, 0) is 103 Å². The van der Waals surface area contributed by atoms with Crippen molar-refractivity contribution in [1.29, 1.82) is 0 Å². The van der Waals surface area contributed by atoms with Gasteiger partial charge in [0.2, 0.25) is 5.91 Å². The zero-order valence-electron chi connectivity index (χ0n) is 62.0. The topological polar surface area (TPSA) is 307 Å². The summed E-state index contributed by atoms with van der Waals surface area (Å²) in [5, 5.41) is 121. The van der Waals surface area contributed by atoms with Crippen LogP contribution in [-0.2, 0) is 33.2 Å². The molecule has 0 radical (unpaired) electrons. The maximum atomic E-state index is 13.5. The lowest BCUT2D eigenvalue weighted by Gasteiger charge is -2.48. The minimum Gasteiger partial charge on any atom is -0.394 e. The number of aliphatic hydroxyl groups excluding tert-OH is 11. The van der Waals surface area contributed by atoms with E-state index in [-0.39, 0.29) is 18.9 Å². The number of ether oxygens (including phenoxy) is 6. The van der Waals surface area contributed by atoms with Crippen LogP contribution in [0.15, 0.2) is 146 Å². The second kappa shape index (κ2) is 61.8. The number of unbranched alkanes of at least 4 members (excludes halogenated alkanes) is 19. The largest absolute Gasteiger partial charge is 0.394 e. The Kier molecular flexibility index (Phi) is 55.7. The molecular formula is C83H137NO18. The first kappa shape index (κ1) is 91.9. The first-order valence-electron chi connectivity index (χ1n) is 39.1. The van der Waals surface area contributed by atoms with Gasteiger partial charge < -0.3 is 89.9 Å². The molecule has 19 heteroatoms. The molecule has 3 saturated heterocycles. The molecule has 19 nitrogen and oxygen atoms in total. The van der Waals surface area contributed by atoms with E-state index in [1.54, 1.807) is 0 Å². The standard InChI is InChI=1S/C83H137NO18/c1-3-5-7-9-11-13-15-17-19-21-22-23-24-25-26-27-28-29-30-31-32-33-34-35-36-37-38-39-40-41-42-43-44-45-47-49-51-53-55-57-59-61-71(89)84-66(67(88)60-58-56-54-52-50-48-46-20-18-16-14-12-10-8-6-4-2)65-97-81-77(95)74(92)79(69(63-86)99-81)102-83-78(96)75(93)80(70(64-87)100-83)101-82-76(94)73(91)72(90)68(62-85)98-82/h5,7,11,13,17,19,22-23,25-26,28-29,31-32,34-35,37-38,40-41,43-44,47,49,66-70,72-83,85-88,90-96H,3-4,6,8-10,12,14-16,18,20-21,24,27,30,33,36,39,42,45-46,48,50-65H2,1-2H3,(H,84,89)/b7-5-,13-11-,19-17-,23-22-,26-25-,29-28-,32-31-,35-34-,38-37-,41-40-,44-43-,49-47-. The molecule has 0 aromatic rings. The van der Waals surface area contributed by atoms with Crippen LogP contribution in [-0.4, -0.2) is 193 Å². The van der Waals surface area contributed by atoms with Crippen LogP contribution in [0.1, 0.15) is 239 Å². The molecule has 17 unspecified atom stereocenters. The van der Waals surface area contributed by atoms with Crippen LogP contribution < -0.4 is 5.32 Å². The Morgan fingerprint density at radius 1 is 0.363 bits per heavy atom. The van der Waals surface area contributed by atoms with Gasteiger partial charge in [0.1, 0.15) is 73.2 Å². The maximum absolute atomic E-state index is 13.5. The molecule has 3 heterocycles. The Hall–Kier alpha value is -4.33. The molecule has 0 aromatic heterocycles. The predicted octanol–water partition coefficient (Wildman–Crippen LogP) is 12.7. The fraction of sp³-hybridized carbons (Fsp3) is 0.699. The maximum Gasteiger partial charge on any atom is 0.220 e. The van der Waals surface area contributed by atoms with E-state index in [1.807, 2.05) is 0 Å². The predicted molar refractivity (Wildman–Crippen MR) is 406 cm³/mol. The van der Waals surface area contributed by atoms with Crippen LogP contribution in [0.3, 0.4) is 0 Å². The van der Waals surface area contributed by atoms with Crippen molar-refractivity contribution >= 4 is 5.91 Å². The number of hydrogen-bond donors (Lipinski definition) is 12. The number of carbonyl (C=O) groups excluding carboxylic acids is 1. The van der Waals surface area contributed by atoms with E-state index in [4.69, 9.17) is 28.4 Å². The van der Waals surface area contributed by atoms with Gasteiger partial charge in [-0.2, -0.15) is 0 Å². The van der Waals surface area contributed by atoms with Crippen LogP contribution in [0.4, 0.5) is 0 Å². The van der Waals surface area contributed by atoms with Gasteiger partial charge in [0.15, 0.2) is 18.9 Å². The number of allylic oxidation sites excluding steroid dienone is 24. The molecule has 0 saturated carbocycles. The van der Waals surface area contributed by atoms with E-state index in [0.29, 0.717) is 19.3 Å². The van der Waals surface area contributed by atoms with Crippen LogP contribution in [0.5, 0.6) is 0 Å². The van der Waals surface area contributed by atoms with Crippen molar-refractivity contribution in [2.45, 2.75) is 343 Å². The SMILES string of the molecule is CC/C=C\C/C=C\C/C=C\C/C=C\C/C=C\C/C=C\C/C=C\C/C=C\C/C=C\C/C=C\C/C=C\C/C=C\CCCCCCC(=O)NC(COC1OC(CO)C(OC2OC(CO)C(OC3OC(CO)C(O)C(O)C3O)C(O)C2O)C(O)C1O)C(O)CCCCCCCCCCCCCCCCCC. The first-order chi connectivity index (χ1) is 49.8. The van der Waals surface area contributed by atoms with Crippen molar-refractivity contribution < 1.29 is 89.4 Å². The molecule has 0 spiro atoms. The van der Waals surface area contributed by atoms with Crippen molar-refractivity contribution in [3.8, 4) is 0 Å². The average molecular weight is 1440 g/mol. The minimum atomic E-state index is -1.98. The van der Waals surface area contributed by atoms with Crippen LogP contribution in [0.25, 0.3) is 0 Å². The fourth-order valence-electron chi connectivity index (χ4n) is 12.2. The van der Waals surface area contributed by atoms with E-state index in [9.17, 15) is 61.0 Å². The molecule has 582 valence electrons. The van der Waals surface area contributed by atoms with E-state index >= 15 is 0 Å². The van der Waals surface area contributed by atoms with Gasteiger partial charge >= 0.3 is 0 Å². The Morgan fingerprint density at radius 2 is 0.676 bits per heavy atom. The van der Waals surface area contributed by atoms with E-state index < -0.39 is 124 Å². The Labute approximate surface area is 613 Å². The number of rotatable bonds is 59. The fourth-order valence-corrected chi connectivity index (χ4v) is 12.2. The highest BCUT2D eigenvalue weighted by atomic mass is 16.8. The van der Waals surface area contributed by atoms with Gasteiger partial charge in [0, 0.05) is 6.42 Å². The van der Waals surface area contributed by atoms with Gasteiger partial charge in [-0.3, -0.25) is 4.79 Å². The van der Waals surface area contributed by atoms with Crippen molar-refractivity contribution in [3.05, 3.63) is 146 Å². The van der Waals surface area contributed by atoms with E-state index in [1.165, 1.54) is 77.0 Å². The number of amides is 1. The highest BCUT2D eigenvalue weighted by Gasteiger charge is 2.54. The summed E-state index contributed by atoms with van der Waals surface area (Å²) in [6.45, 7) is 1.65. The number of aliphatic hydroxyl groups is 11. The summed E-state index contributed by atoms with van der Waals surface area (Å²) in [5.41, 5.74) is 0. The molecule has 0 aliphatic carbocycles. The third kappa shape index (κ3) is 41.5. The Morgan fingerprint density at radius 3 is 1.06 bits per heavy atom. The van der Waals surface area contributed by atoms with Gasteiger partial charge in [0.05, 0.1) is 38.6 Å².